The molecule has 2 heterocycles. The average molecular weight is 368 g/mol. The van der Waals surface area contributed by atoms with Crippen molar-refractivity contribution in [1.29, 1.82) is 0 Å². The van der Waals surface area contributed by atoms with Crippen molar-refractivity contribution < 1.29 is 9.53 Å². The molecule has 0 radical (unpaired) electrons. The van der Waals surface area contributed by atoms with Gasteiger partial charge in [0.2, 0.25) is 0 Å². The smallest absolute Gasteiger partial charge is 0.257 e. The Balaban J connectivity index is 1.68. The van der Waals surface area contributed by atoms with E-state index in [1.807, 2.05) is 23.1 Å². The molecule has 0 saturated carbocycles. The first kappa shape index (κ1) is 15.8. The van der Waals surface area contributed by atoms with Gasteiger partial charge in [-0.25, -0.2) is 0 Å². The van der Waals surface area contributed by atoms with Gasteiger partial charge in [0.05, 0.1) is 12.7 Å². The number of methoxy groups -OCH3 is 1. The summed E-state index contributed by atoms with van der Waals surface area (Å²) in [5, 5.41) is 3.38. The Bertz CT molecular complexity index is 546. The molecule has 2 saturated heterocycles. The summed E-state index contributed by atoms with van der Waals surface area (Å²) < 4.78 is 6.27. The molecule has 120 valence electrons. The molecule has 2 aliphatic rings. The van der Waals surface area contributed by atoms with Gasteiger partial charge in [0, 0.05) is 49.8 Å². The van der Waals surface area contributed by atoms with E-state index in [-0.39, 0.29) is 5.91 Å². The molecule has 1 N–H and O–H groups in total. The van der Waals surface area contributed by atoms with Crippen molar-refractivity contribution in [2.75, 3.05) is 46.4 Å². The summed E-state index contributed by atoms with van der Waals surface area (Å²) >= 11 is 3.41. The predicted molar refractivity (Wildman–Crippen MR) is 89.4 cm³/mol. The van der Waals surface area contributed by atoms with Crippen molar-refractivity contribution in [3.05, 3.63) is 28.2 Å². The molecule has 1 atom stereocenters. The minimum Gasteiger partial charge on any atom is -0.496 e. The fourth-order valence-corrected chi connectivity index (χ4v) is 3.62. The molecule has 3 rings (SSSR count). The highest BCUT2D eigenvalue weighted by atomic mass is 79.9. The summed E-state index contributed by atoms with van der Waals surface area (Å²) in [4.78, 5) is 17.2. The molecule has 1 aromatic rings. The van der Waals surface area contributed by atoms with Gasteiger partial charge in [-0.1, -0.05) is 15.9 Å². The van der Waals surface area contributed by atoms with E-state index in [4.69, 9.17) is 4.74 Å². The van der Waals surface area contributed by atoms with E-state index < -0.39 is 0 Å². The number of nitrogens with one attached hydrogen (secondary N) is 1. The first-order valence-corrected chi connectivity index (χ1v) is 8.56. The highest BCUT2D eigenvalue weighted by Gasteiger charge is 2.32. The molecular weight excluding hydrogens is 346 g/mol. The Kier molecular flexibility index (Phi) is 5.00. The molecule has 1 unspecified atom stereocenters. The van der Waals surface area contributed by atoms with Crippen LogP contribution in [0.25, 0.3) is 0 Å². The van der Waals surface area contributed by atoms with Gasteiger partial charge in [-0.15, -0.1) is 0 Å². The maximum atomic E-state index is 12.8. The molecule has 2 aliphatic heterocycles. The highest BCUT2D eigenvalue weighted by Crippen LogP contribution is 2.26. The molecular formula is C16H22BrN3O2. The summed E-state index contributed by atoms with van der Waals surface area (Å²) in [5.41, 5.74) is 0.645. The maximum Gasteiger partial charge on any atom is 0.257 e. The van der Waals surface area contributed by atoms with Crippen LogP contribution in [0.4, 0.5) is 0 Å². The Morgan fingerprint density at radius 1 is 1.32 bits per heavy atom. The Morgan fingerprint density at radius 3 is 2.82 bits per heavy atom. The van der Waals surface area contributed by atoms with Crippen LogP contribution in [0.1, 0.15) is 16.8 Å². The van der Waals surface area contributed by atoms with Crippen LogP contribution in [0.5, 0.6) is 5.75 Å². The van der Waals surface area contributed by atoms with Gasteiger partial charge in [0.25, 0.3) is 5.91 Å². The van der Waals surface area contributed by atoms with Crippen LogP contribution < -0.4 is 10.1 Å². The van der Waals surface area contributed by atoms with Crippen LogP contribution in [0.3, 0.4) is 0 Å². The molecule has 1 aromatic carbocycles. The molecule has 22 heavy (non-hydrogen) atoms. The average Bonchev–Trinajstić information content (AvgIpc) is 3.05. The summed E-state index contributed by atoms with van der Waals surface area (Å²) in [6.45, 7) is 5.89. The lowest BCUT2D eigenvalue weighted by molar-refractivity contribution is 0.0770. The number of nitrogens with zero attached hydrogens (tertiary/aromatic N) is 2. The first-order chi connectivity index (χ1) is 10.7. The largest absolute Gasteiger partial charge is 0.496 e. The van der Waals surface area contributed by atoms with Gasteiger partial charge < -0.3 is 15.0 Å². The quantitative estimate of drug-likeness (QED) is 0.880. The summed E-state index contributed by atoms with van der Waals surface area (Å²) in [5.74, 6) is 0.701. The second kappa shape index (κ2) is 6.98. The molecule has 2 fully saturated rings. The fourth-order valence-electron chi connectivity index (χ4n) is 3.28. The minimum atomic E-state index is 0.0713. The number of benzene rings is 1. The summed E-state index contributed by atoms with van der Waals surface area (Å²) in [6, 6.07) is 6.06. The van der Waals surface area contributed by atoms with E-state index in [1.54, 1.807) is 7.11 Å². The lowest BCUT2D eigenvalue weighted by atomic mass is 10.1. The Hall–Kier alpha value is -1.11. The number of amides is 1. The van der Waals surface area contributed by atoms with Crippen molar-refractivity contribution in [3.63, 3.8) is 0 Å². The number of likely N-dealkylation sites (tertiary alicyclic amines) is 1. The number of carbonyl (C=O) groups excluding carboxylic acids is 1. The minimum absolute atomic E-state index is 0.0713. The second-order valence-corrected chi connectivity index (χ2v) is 6.74. The van der Waals surface area contributed by atoms with E-state index >= 15 is 0 Å². The number of hydrogen-bond acceptors (Lipinski definition) is 4. The van der Waals surface area contributed by atoms with Crippen molar-refractivity contribution in [1.82, 2.24) is 15.1 Å². The fraction of sp³-hybridized carbons (Fsp3) is 0.562. The van der Waals surface area contributed by atoms with Crippen molar-refractivity contribution in [2.24, 2.45) is 0 Å². The molecule has 0 bridgehead atoms. The molecule has 6 heteroatoms. The molecule has 0 aliphatic carbocycles. The van der Waals surface area contributed by atoms with Crippen LogP contribution in [-0.4, -0.2) is 68.1 Å². The predicted octanol–water partition coefficient (Wildman–Crippen LogP) is 1.58. The number of halogens is 1. The third-order valence-corrected chi connectivity index (χ3v) is 5.01. The van der Waals surface area contributed by atoms with E-state index in [0.717, 1.165) is 50.2 Å². The third-order valence-electron chi connectivity index (χ3n) is 4.51. The Labute approximate surface area is 139 Å². The topological polar surface area (TPSA) is 44.8 Å². The van der Waals surface area contributed by atoms with E-state index in [1.165, 1.54) is 0 Å². The SMILES string of the molecule is COc1cc(Br)ccc1C(=O)N1CCC(N2CCNCC2)C1. The van der Waals surface area contributed by atoms with E-state index in [2.05, 4.69) is 26.1 Å². The number of ether oxygens (including phenoxy) is 1. The van der Waals surface area contributed by atoms with E-state index in [9.17, 15) is 4.79 Å². The second-order valence-electron chi connectivity index (χ2n) is 5.82. The normalized spacial score (nSPS) is 22.8. The number of rotatable bonds is 3. The zero-order valence-electron chi connectivity index (χ0n) is 12.8. The van der Waals surface area contributed by atoms with Crippen LogP contribution in [0, 0.1) is 0 Å². The highest BCUT2D eigenvalue weighted by molar-refractivity contribution is 9.10. The molecule has 0 aromatic heterocycles. The molecule has 5 nitrogen and oxygen atoms in total. The number of piperazine rings is 1. The third kappa shape index (κ3) is 3.29. The summed E-state index contributed by atoms with van der Waals surface area (Å²) in [7, 11) is 1.60. The number of hydrogen-bond donors (Lipinski definition) is 1. The lowest BCUT2D eigenvalue weighted by Gasteiger charge is -2.32. The van der Waals surface area contributed by atoms with Gasteiger partial charge in [0.1, 0.15) is 5.75 Å². The monoisotopic (exact) mass is 367 g/mol. The van der Waals surface area contributed by atoms with Crippen LogP contribution in [-0.2, 0) is 0 Å². The standard InChI is InChI=1S/C16H22BrN3O2/c1-22-15-10-12(17)2-3-14(15)16(21)20-7-4-13(11-20)19-8-5-18-6-9-19/h2-3,10,13,18H,4-9,11H2,1H3. The first-order valence-electron chi connectivity index (χ1n) is 7.76. The van der Waals surface area contributed by atoms with Crippen molar-refractivity contribution >= 4 is 21.8 Å². The van der Waals surface area contributed by atoms with Crippen molar-refractivity contribution in [3.8, 4) is 5.75 Å². The maximum absolute atomic E-state index is 12.8. The van der Waals surface area contributed by atoms with Crippen LogP contribution >= 0.6 is 15.9 Å². The Morgan fingerprint density at radius 2 is 2.09 bits per heavy atom. The van der Waals surface area contributed by atoms with Crippen molar-refractivity contribution in [2.45, 2.75) is 12.5 Å². The zero-order chi connectivity index (χ0) is 15.5. The zero-order valence-corrected chi connectivity index (χ0v) is 14.4. The summed E-state index contributed by atoms with van der Waals surface area (Å²) in [6.07, 6.45) is 1.06. The van der Waals surface area contributed by atoms with Gasteiger partial charge >= 0.3 is 0 Å². The molecule has 1 amide bonds. The lowest BCUT2D eigenvalue weighted by Crippen LogP contribution is -2.49. The van der Waals surface area contributed by atoms with E-state index in [0.29, 0.717) is 17.4 Å². The number of carbonyl (C=O) groups is 1. The van der Waals surface area contributed by atoms with Crippen LogP contribution in [0.2, 0.25) is 0 Å². The van der Waals surface area contributed by atoms with Gasteiger partial charge in [0.15, 0.2) is 0 Å². The van der Waals surface area contributed by atoms with Gasteiger partial charge in [-0.3, -0.25) is 9.69 Å². The van der Waals surface area contributed by atoms with Gasteiger partial charge in [-0.05, 0) is 24.6 Å². The van der Waals surface area contributed by atoms with Gasteiger partial charge in [-0.2, -0.15) is 0 Å². The molecule has 0 spiro atoms. The van der Waals surface area contributed by atoms with Crippen LogP contribution in [0.15, 0.2) is 22.7 Å².